The summed E-state index contributed by atoms with van der Waals surface area (Å²) in [5, 5.41) is 6.09. The molecule has 1 aromatic rings. The number of carbonyl (C=O) groups is 1. The number of nitrogens with two attached hydrogens (primary N) is 1. The fraction of sp³-hybridized carbons (Fsp3) is 0.429. The molecule has 1 aromatic heterocycles. The molecular formula is C14H20N4O2S. The van der Waals surface area contributed by atoms with Crippen LogP contribution in [0.3, 0.4) is 0 Å². The van der Waals surface area contributed by atoms with Crippen molar-refractivity contribution in [2.45, 2.75) is 31.7 Å². The normalized spacial score (nSPS) is 18.8. The molecule has 0 aliphatic carbocycles. The van der Waals surface area contributed by atoms with Crippen LogP contribution >= 0.6 is 11.8 Å². The van der Waals surface area contributed by atoms with Gasteiger partial charge in [-0.25, -0.2) is 4.98 Å². The minimum Gasteiger partial charge on any atom is -0.441 e. The van der Waals surface area contributed by atoms with E-state index in [-0.39, 0.29) is 23.4 Å². The van der Waals surface area contributed by atoms with Gasteiger partial charge in [0, 0.05) is 22.6 Å². The van der Waals surface area contributed by atoms with Crippen LogP contribution in [0, 0.1) is 0 Å². The Morgan fingerprint density at radius 3 is 2.95 bits per heavy atom. The van der Waals surface area contributed by atoms with E-state index >= 15 is 0 Å². The molecule has 1 atom stereocenters. The largest absolute Gasteiger partial charge is 0.441 e. The standard InChI is InChI=1S/C14H20N4O2S/c1-14(2,3)10-7-16-12(20-10)5-4-9-6-17-13(21-9)18-8-11(15)19/h4-7,13,17-18H,8H2,1-3H3,(H2,15,19)/b5-4+. The van der Waals surface area contributed by atoms with Crippen LogP contribution in [-0.4, -0.2) is 22.9 Å². The summed E-state index contributed by atoms with van der Waals surface area (Å²) in [7, 11) is 0. The summed E-state index contributed by atoms with van der Waals surface area (Å²) >= 11 is 1.56. The number of nitrogens with one attached hydrogen (secondary N) is 2. The topological polar surface area (TPSA) is 93.2 Å². The smallest absolute Gasteiger partial charge is 0.231 e. The average molecular weight is 308 g/mol. The summed E-state index contributed by atoms with van der Waals surface area (Å²) in [5.41, 5.74) is 4.99. The lowest BCUT2D eigenvalue weighted by Crippen LogP contribution is -2.39. The monoisotopic (exact) mass is 308 g/mol. The van der Waals surface area contributed by atoms with Crippen LogP contribution in [0.15, 0.2) is 27.8 Å². The fourth-order valence-corrected chi connectivity index (χ4v) is 2.47. The SMILES string of the molecule is CC(C)(C)c1cnc(/C=C/C2=CNC(NCC(N)=O)S2)o1. The first-order valence-electron chi connectivity index (χ1n) is 6.63. The van der Waals surface area contributed by atoms with Gasteiger partial charge in [-0.3, -0.25) is 10.1 Å². The van der Waals surface area contributed by atoms with Crippen molar-refractivity contribution in [3.8, 4) is 0 Å². The van der Waals surface area contributed by atoms with Crippen molar-refractivity contribution in [1.29, 1.82) is 0 Å². The number of aromatic nitrogens is 1. The van der Waals surface area contributed by atoms with Gasteiger partial charge in [0.1, 0.15) is 11.3 Å². The van der Waals surface area contributed by atoms with E-state index in [2.05, 4.69) is 36.4 Å². The van der Waals surface area contributed by atoms with Crippen molar-refractivity contribution in [3.05, 3.63) is 35.0 Å². The molecule has 7 heteroatoms. The molecule has 4 N–H and O–H groups in total. The molecular weight excluding hydrogens is 288 g/mol. The zero-order chi connectivity index (χ0) is 15.5. The second kappa shape index (κ2) is 6.36. The minimum absolute atomic E-state index is 0.0492. The van der Waals surface area contributed by atoms with Crippen LogP contribution in [0.25, 0.3) is 6.08 Å². The van der Waals surface area contributed by atoms with Gasteiger partial charge in [0.2, 0.25) is 11.8 Å². The average Bonchev–Trinajstić information content (AvgIpc) is 3.02. The van der Waals surface area contributed by atoms with Crippen LogP contribution in [0.5, 0.6) is 0 Å². The van der Waals surface area contributed by atoms with Gasteiger partial charge in [-0.15, -0.1) is 0 Å². The van der Waals surface area contributed by atoms with Crippen molar-refractivity contribution >= 4 is 23.7 Å². The lowest BCUT2D eigenvalue weighted by Gasteiger charge is -2.12. The molecule has 0 radical (unpaired) electrons. The third-order valence-corrected chi connectivity index (χ3v) is 3.81. The minimum atomic E-state index is -0.379. The highest BCUT2D eigenvalue weighted by Gasteiger charge is 2.19. The summed E-state index contributed by atoms with van der Waals surface area (Å²) < 4.78 is 5.68. The van der Waals surface area contributed by atoms with E-state index < -0.39 is 0 Å². The van der Waals surface area contributed by atoms with E-state index in [0.717, 1.165) is 10.7 Å². The Kier molecular flexibility index (Phi) is 4.74. The van der Waals surface area contributed by atoms with Crippen LogP contribution < -0.4 is 16.4 Å². The molecule has 1 unspecified atom stereocenters. The maximum Gasteiger partial charge on any atom is 0.231 e. The van der Waals surface area contributed by atoms with Gasteiger partial charge < -0.3 is 15.5 Å². The van der Waals surface area contributed by atoms with Crippen LogP contribution in [0.4, 0.5) is 0 Å². The van der Waals surface area contributed by atoms with Gasteiger partial charge in [0.25, 0.3) is 0 Å². The van der Waals surface area contributed by atoms with Crippen molar-refractivity contribution in [2.75, 3.05) is 6.54 Å². The number of oxazole rings is 1. The number of hydrogen-bond donors (Lipinski definition) is 3. The van der Waals surface area contributed by atoms with Crippen molar-refractivity contribution in [1.82, 2.24) is 15.6 Å². The van der Waals surface area contributed by atoms with E-state index in [1.54, 1.807) is 18.0 Å². The number of allylic oxidation sites excluding steroid dienone is 1. The molecule has 1 aliphatic heterocycles. The summed E-state index contributed by atoms with van der Waals surface area (Å²) in [5.74, 6) is 1.06. The third-order valence-electron chi connectivity index (χ3n) is 2.75. The summed E-state index contributed by atoms with van der Waals surface area (Å²) in [6.07, 6.45) is 7.37. The molecule has 0 saturated heterocycles. The highest BCUT2D eigenvalue weighted by atomic mass is 32.2. The van der Waals surface area contributed by atoms with E-state index in [1.165, 1.54) is 0 Å². The van der Waals surface area contributed by atoms with Crippen LogP contribution in [0.1, 0.15) is 32.4 Å². The highest BCUT2D eigenvalue weighted by Crippen LogP contribution is 2.27. The molecule has 1 amide bonds. The Morgan fingerprint density at radius 1 is 1.57 bits per heavy atom. The summed E-state index contributed by atoms with van der Waals surface area (Å²) in [6.45, 7) is 6.38. The van der Waals surface area contributed by atoms with E-state index in [9.17, 15) is 4.79 Å². The highest BCUT2D eigenvalue weighted by molar-refractivity contribution is 8.04. The lowest BCUT2D eigenvalue weighted by molar-refractivity contribution is -0.117. The Hall–Kier alpha value is -1.73. The lowest BCUT2D eigenvalue weighted by atomic mass is 9.94. The molecule has 2 rings (SSSR count). The molecule has 0 saturated carbocycles. The maximum absolute atomic E-state index is 10.7. The molecule has 21 heavy (non-hydrogen) atoms. The quantitative estimate of drug-likeness (QED) is 0.763. The van der Waals surface area contributed by atoms with Gasteiger partial charge >= 0.3 is 0 Å². The molecule has 1 aliphatic rings. The number of thioether (sulfide) groups is 1. The van der Waals surface area contributed by atoms with Crippen LogP contribution in [0.2, 0.25) is 0 Å². The molecule has 114 valence electrons. The van der Waals surface area contributed by atoms with Crippen molar-refractivity contribution < 1.29 is 9.21 Å². The van der Waals surface area contributed by atoms with Gasteiger partial charge in [0.15, 0.2) is 0 Å². The second-order valence-corrected chi connectivity index (χ2v) is 6.88. The first-order chi connectivity index (χ1) is 9.84. The zero-order valence-corrected chi connectivity index (χ0v) is 13.2. The van der Waals surface area contributed by atoms with Crippen molar-refractivity contribution in [2.24, 2.45) is 5.73 Å². The first kappa shape index (κ1) is 15.7. The number of amides is 1. The molecule has 2 heterocycles. The summed E-state index contributed by atoms with van der Waals surface area (Å²) in [6, 6.07) is 0. The van der Waals surface area contributed by atoms with E-state index in [4.69, 9.17) is 10.2 Å². The molecule has 0 spiro atoms. The maximum atomic E-state index is 10.7. The van der Waals surface area contributed by atoms with Gasteiger partial charge in [-0.05, 0) is 6.08 Å². The number of rotatable bonds is 5. The van der Waals surface area contributed by atoms with Gasteiger partial charge in [-0.2, -0.15) is 0 Å². The van der Waals surface area contributed by atoms with Crippen molar-refractivity contribution in [3.63, 3.8) is 0 Å². The zero-order valence-electron chi connectivity index (χ0n) is 12.3. The summed E-state index contributed by atoms with van der Waals surface area (Å²) in [4.78, 5) is 16.0. The molecule has 0 fully saturated rings. The van der Waals surface area contributed by atoms with Gasteiger partial charge in [0.05, 0.1) is 12.7 Å². The second-order valence-electron chi connectivity index (χ2n) is 5.70. The Morgan fingerprint density at radius 2 is 2.33 bits per heavy atom. The third kappa shape index (κ3) is 4.64. The van der Waals surface area contributed by atoms with E-state index in [0.29, 0.717) is 5.89 Å². The number of primary amides is 1. The number of carbonyl (C=O) groups excluding carboxylic acids is 1. The Bertz CT molecular complexity index is 572. The van der Waals surface area contributed by atoms with E-state index in [1.807, 2.05) is 18.4 Å². The Labute approximate surface area is 128 Å². The predicted molar refractivity (Wildman–Crippen MR) is 84.0 cm³/mol. The van der Waals surface area contributed by atoms with Crippen LogP contribution in [-0.2, 0) is 10.2 Å². The molecule has 6 nitrogen and oxygen atoms in total. The van der Waals surface area contributed by atoms with Gasteiger partial charge in [-0.1, -0.05) is 32.5 Å². The fourth-order valence-electron chi connectivity index (χ4n) is 1.61. The number of hydrogen-bond acceptors (Lipinski definition) is 6. The first-order valence-corrected chi connectivity index (χ1v) is 7.51. The Balaban J connectivity index is 1.88. The molecule has 0 bridgehead atoms. The predicted octanol–water partition coefficient (Wildman–Crippen LogP) is 1.52. The number of nitrogens with zero attached hydrogens (tertiary/aromatic N) is 1. The molecule has 0 aromatic carbocycles.